The summed E-state index contributed by atoms with van der Waals surface area (Å²) in [6.45, 7) is 3.83. The molecule has 0 unspecified atom stereocenters. The minimum absolute atomic E-state index is 0.501. The van der Waals surface area contributed by atoms with Crippen LogP contribution >= 0.6 is 11.6 Å². The second-order valence-corrected chi connectivity index (χ2v) is 5.52. The molecule has 0 amide bonds. The Labute approximate surface area is 130 Å². The molecule has 1 heterocycles. The maximum Gasteiger partial charge on any atom is 0.328 e. The molecule has 0 atom stereocenters. The van der Waals surface area contributed by atoms with Crippen molar-refractivity contribution in [2.24, 2.45) is 0 Å². The Morgan fingerprint density at radius 2 is 2.10 bits per heavy atom. The number of carboxylic acids is 1. The van der Waals surface area contributed by atoms with Crippen LogP contribution in [-0.4, -0.2) is 42.2 Å². The van der Waals surface area contributed by atoms with Gasteiger partial charge in [0.2, 0.25) is 0 Å². The number of piperidine rings is 1. The number of hydrogen-bond acceptors (Lipinski definition) is 3. The highest BCUT2D eigenvalue weighted by Gasteiger charge is 2.10. The van der Waals surface area contributed by atoms with Crippen LogP contribution in [0.25, 0.3) is 6.08 Å². The van der Waals surface area contributed by atoms with Crippen LogP contribution in [0.15, 0.2) is 24.3 Å². The largest absolute Gasteiger partial charge is 0.491 e. The first kappa shape index (κ1) is 15.9. The molecule has 4 nitrogen and oxygen atoms in total. The normalized spacial score (nSPS) is 16.2. The van der Waals surface area contributed by atoms with Crippen LogP contribution in [-0.2, 0) is 4.79 Å². The summed E-state index contributed by atoms with van der Waals surface area (Å²) in [5.74, 6) is -0.339. The third-order valence-corrected chi connectivity index (χ3v) is 3.78. The van der Waals surface area contributed by atoms with E-state index in [4.69, 9.17) is 21.4 Å². The highest BCUT2D eigenvalue weighted by Crippen LogP contribution is 2.26. The number of nitrogens with zero attached hydrogens (tertiary/aromatic N) is 1. The number of hydrogen-bond donors (Lipinski definition) is 1. The van der Waals surface area contributed by atoms with E-state index in [1.807, 2.05) is 0 Å². The molecule has 1 aromatic carbocycles. The lowest BCUT2D eigenvalue weighted by molar-refractivity contribution is -0.131. The molecule has 1 fully saturated rings. The molecule has 1 saturated heterocycles. The molecule has 0 saturated carbocycles. The van der Waals surface area contributed by atoms with Crippen molar-refractivity contribution in [1.29, 1.82) is 0 Å². The standard InChI is InChI=1S/C16H20ClNO3/c17-14-12-13(5-7-16(19)20)4-6-15(14)21-11-10-18-8-2-1-3-9-18/h4-7,12H,1-3,8-11H2,(H,19,20). The molecule has 1 aliphatic rings. The van der Waals surface area contributed by atoms with Gasteiger partial charge in [-0.25, -0.2) is 4.79 Å². The number of ether oxygens (including phenoxy) is 1. The van der Waals surface area contributed by atoms with E-state index in [-0.39, 0.29) is 0 Å². The Bertz CT molecular complexity index is 510. The average molecular weight is 310 g/mol. The Morgan fingerprint density at radius 3 is 2.76 bits per heavy atom. The monoisotopic (exact) mass is 309 g/mol. The zero-order valence-electron chi connectivity index (χ0n) is 11.9. The van der Waals surface area contributed by atoms with E-state index in [0.29, 0.717) is 17.4 Å². The Kier molecular flexibility index (Phi) is 6.08. The van der Waals surface area contributed by atoms with E-state index in [2.05, 4.69) is 4.90 Å². The van der Waals surface area contributed by atoms with Gasteiger partial charge in [0, 0.05) is 12.6 Å². The van der Waals surface area contributed by atoms with Crippen molar-refractivity contribution >= 4 is 23.6 Å². The molecule has 0 bridgehead atoms. The van der Waals surface area contributed by atoms with Crippen molar-refractivity contribution in [3.8, 4) is 5.75 Å². The van der Waals surface area contributed by atoms with E-state index in [1.165, 1.54) is 25.3 Å². The summed E-state index contributed by atoms with van der Waals surface area (Å²) in [6.07, 6.45) is 6.46. The van der Waals surface area contributed by atoms with Gasteiger partial charge >= 0.3 is 5.97 Å². The number of halogens is 1. The van der Waals surface area contributed by atoms with E-state index in [9.17, 15) is 4.79 Å². The van der Waals surface area contributed by atoms with E-state index < -0.39 is 5.97 Å². The zero-order chi connectivity index (χ0) is 15.1. The van der Waals surface area contributed by atoms with E-state index >= 15 is 0 Å². The Balaban J connectivity index is 1.84. The fraction of sp³-hybridized carbons (Fsp3) is 0.438. The average Bonchev–Trinajstić information content (AvgIpc) is 2.48. The molecule has 0 spiro atoms. The summed E-state index contributed by atoms with van der Waals surface area (Å²) in [4.78, 5) is 12.9. The number of aliphatic carboxylic acids is 1. The highest BCUT2D eigenvalue weighted by atomic mass is 35.5. The molecular formula is C16H20ClNO3. The van der Waals surface area contributed by atoms with Crippen LogP contribution in [0.2, 0.25) is 5.02 Å². The first-order valence-corrected chi connectivity index (χ1v) is 7.58. The van der Waals surface area contributed by atoms with Crippen LogP contribution in [0.5, 0.6) is 5.75 Å². The van der Waals surface area contributed by atoms with Crippen molar-refractivity contribution in [2.45, 2.75) is 19.3 Å². The molecular weight excluding hydrogens is 290 g/mol. The fourth-order valence-electron chi connectivity index (χ4n) is 2.37. The smallest absolute Gasteiger partial charge is 0.328 e. The van der Waals surface area contributed by atoms with Gasteiger partial charge < -0.3 is 9.84 Å². The predicted octanol–water partition coefficient (Wildman–Crippen LogP) is 3.30. The van der Waals surface area contributed by atoms with Crippen molar-refractivity contribution in [1.82, 2.24) is 4.90 Å². The predicted molar refractivity (Wildman–Crippen MR) is 83.9 cm³/mol. The van der Waals surface area contributed by atoms with Crippen LogP contribution in [0.1, 0.15) is 24.8 Å². The molecule has 0 radical (unpaired) electrons. The van der Waals surface area contributed by atoms with Gasteiger partial charge in [0.1, 0.15) is 12.4 Å². The second-order valence-electron chi connectivity index (χ2n) is 5.11. The molecule has 2 rings (SSSR count). The molecule has 21 heavy (non-hydrogen) atoms. The number of likely N-dealkylation sites (tertiary alicyclic amines) is 1. The quantitative estimate of drug-likeness (QED) is 0.819. The van der Waals surface area contributed by atoms with Gasteiger partial charge in [-0.2, -0.15) is 0 Å². The van der Waals surface area contributed by atoms with Gasteiger partial charge in [-0.1, -0.05) is 24.1 Å². The summed E-state index contributed by atoms with van der Waals surface area (Å²) in [5.41, 5.74) is 0.741. The maximum atomic E-state index is 10.5. The van der Waals surface area contributed by atoms with Crippen LogP contribution in [0.4, 0.5) is 0 Å². The topological polar surface area (TPSA) is 49.8 Å². The fourth-order valence-corrected chi connectivity index (χ4v) is 2.62. The summed E-state index contributed by atoms with van der Waals surface area (Å²) >= 11 is 6.15. The molecule has 0 aliphatic carbocycles. The zero-order valence-corrected chi connectivity index (χ0v) is 12.7. The Morgan fingerprint density at radius 1 is 1.33 bits per heavy atom. The number of carbonyl (C=O) groups is 1. The first-order chi connectivity index (χ1) is 10.1. The lowest BCUT2D eigenvalue weighted by Crippen LogP contribution is -2.33. The van der Waals surface area contributed by atoms with Crippen molar-refractivity contribution < 1.29 is 14.6 Å². The number of carboxylic acid groups (broad SMARTS) is 1. The summed E-state index contributed by atoms with van der Waals surface area (Å²) in [6, 6.07) is 5.28. The number of rotatable bonds is 6. The maximum absolute atomic E-state index is 10.5. The molecule has 114 valence electrons. The van der Waals surface area contributed by atoms with E-state index in [1.54, 1.807) is 18.2 Å². The summed E-state index contributed by atoms with van der Waals surface area (Å²) < 4.78 is 5.71. The molecule has 0 aromatic heterocycles. The minimum atomic E-state index is -0.979. The molecule has 1 aliphatic heterocycles. The van der Waals surface area contributed by atoms with Crippen molar-refractivity contribution in [2.75, 3.05) is 26.2 Å². The van der Waals surface area contributed by atoms with Gasteiger partial charge in [0.15, 0.2) is 0 Å². The molecule has 1 aromatic rings. The van der Waals surface area contributed by atoms with Gasteiger partial charge in [-0.15, -0.1) is 0 Å². The van der Waals surface area contributed by atoms with E-state index in [0.717, 1.165) is 31.3 Å². The summed E-state index contributed by atoms with van der Waals surface area (Å²) in [7, 11) is 0. The summed E-state index contributed by atoms with van der Waals surface area (Å²) in [5, 5.41) is 9.09. The van der Waals surface area contributed by atoms with Gasteiger partial charge in [-0.3, -0.25) is 4.90 Å². The van der Waals surface area contributed by atoms with Gasteiger partial charge in [0.25, 0.3) is 0 Å². The lowest BCUT2D eigenvalue weighted by Gasteiger charge is -2.26. The highest BCUT2D eigenvalue weighted by molar-refractivity contribution is 6.32. The third kappa shape index (κ3) is 5.40. The Hall–Kier alpha value is -1.52. The first-order valence-electron chi connectivity index (χ1n) is 7.21. The van der Waals surface area contributed by atoms with Crippen LogP contribution in [0, 0.1) is 0 Å². The third-order valence-electron chi connectivity index (χ3n) is 3.49. The van der Waals surface area contributed by atoms with Crippen molar-refractivity contribution in [3.05, 3.63) is 34.9 Å². The molecule has 1 N–H and O–H groups in total. The van der Waals surface area contributed by atoms with Crippen molar-refractivity contribution in [3.63, 3.8) is 0 Å². The van der Waals surface area contributed by atoms with Crippen LogP contribution < -0.4 is 4.74 Å². The van der Waals surface area contributed by atoms with Gasteiger partial charge in [-0.05, 0) is 49.7 Å². The minimum Gasteiger partial charge on any atom is -0.491 e. The molecule has 5 heteroatoms. The second kappa shape index (κ2) is 8.05. The van der Waals surface area contributed by atoms with Crippen LogP contribution in [0.3, 0.4) is 0 Å². The van der Waals surface area contributed by atoms with Gasteiger partial charge in [0.05, 0.1) is 5.02 Å². The number of benzene rings is 1. The lowest BCUT2D eigenvalue weighted by atomic mass is 10.1. The SMILES string of the molecule is O=C(O)C=Cc1ccc(OCCN2CCCCC2)c(Cl)c1.